The first kappa shape index (κ1) is 21.9. The van der Waals surface area contributed by atoms with Gasteiger partial charge in [-0.25, -0.2) is 4.79 Å². The van der Waals surface area contributed by atoms with E-state index in [9.17, 15) is 19.2 Å². The fourth-order valence-electron chi connectivity index (χ4n) is 2.04. The number of carbonyl (C=O) groups excluding carboxylic acids is 4. The lowest BCUT2D eigenvalue weighted by atomic mass is 10.2. The average Bonchev–Trinajstić information content (AvgIpc) is 2.69. The molecule has 0 radical (unpaired) electrons. The van der Waals surface area contributed by atoms with Crippen LogP contribution in [0.5, 0.6) is 0 Å². The second kappa shape index (κ2) is 12.3. The summed E-state index contributed by atoms with van der Waals surface area (Å²) in [5.74, 6) is -2.32. The van der Waals surface area contributed by atoms with E-state index in [0.717, 1.165) is 5.56 Å². The van der Waals surface area contributed by atoms with Gasteiger partial charge in [0.2, 0.25) is 5.91 Å². The third kappa shape index (κ3) is 9.24. The van der Waals surface area contributed by atoms with Crippen molar-refractivity contribution in [1.29, 1.82) is 0 Å². The Kier molecular flexibility index (Phi) is 9.98. The molecule has 0 aromatic heterocycles. The molecule has 0 heterocycles. The number of benzene rings is 1. The van der Waals surface area contributed by atoms with Crippen molar-refractivity contribution < 1.29 is 23.9 Å². The molecule has 0 saturated heterocycles. The van der Waals surface area contributed by atoms with Gasteiger partial charge in [-0.15, -0.1) is 0 Å². The highest BCUT2D eigenvalue weighted by Gasteiger charge is 2.17. The van der Waals surface area contributed by atoms with Crippen molar-refractivity contribution in [2.24, 2.45) is 0 Å². The van der Waals surface area contributed by atoms with Gasteiger partial charge in [0.25, 0.3) is 0 Å². The van der Waals surface area contributed by atoms with E-state index in [1.54, 1.807) is 0 Å². The van der Waals surface area contributed by atoms with Crippen molar-refractivity contribution in [3.8, 4) is 0 Å². The molecule has 0 aliphatic rings. The molecule has 0 fully saturated rings. The maximum Gasteiger partial charge on any atom is 0.407 e. The van der Waals surface area contributed by atoms with Gasteiger partial charge in [-0.1, -0.05) is 44.2 Å². The predicted octanol–water partition coefficient (Wildman–Crippen LogP) is 0.755. The monoisotopic (exact) mass is 378 g/mol. The molecule has 0 bridgehead atoms. The standard InChI is InChI=1S/C18H26N4O5/c1-3-14(4-2)20-16(24)17(25)22-21-15(23)10-11-19-18(26)27-12-13-8-6-5-7-9-13/h5-9,14H,3-4,10-12H2,1-2H3,(H,19,26)(H,20,24)(H,21,23)(H,22,25). The molecule has 1 aromatic rings. The normalized spacial score (nSPS) is 10.0. The first-order chi connectivity index (χ1) is 13.0. The van der Waals surface area contributed by atoms with E-state index < -0.39 is 23.8 Å². The molecule has 0 spiro atoms. The van der Waals surface area contributed by atoms with Gasteiger partial charge in [-0.3, -0.25) is 25.2 Å². The molecule has 27 heavy (non-hydrogen) atoms. The van der Waals surface area contributed by atoms with Crippen molar-refractivity contribution in [2.75, 3.05) is 6.54 Å². The highest BCUT2D eigenvalue weighted by molar-refractivity contribution is 6.35. The van der Waals surface area contributed by atoms with E-state index in [1.165, 1.54) is 0 Å². The van der Waals surface area contributed by atoms with Crippen LogP contribution >= 0.6 is 0 Å². The van der Waals surface area contributed by atoms with Crippen molar-refractivity contribution in [3.05, 3.63) is 35.9 Å². The first-order valence-corrected chi connectivity index (χ1v) is 8.80. The van der Waals surface area contributed by atoms with Crippen LogP contribution in [0.2, 0.25) is 0 Å². The van der Waals surface area contributed by atoms with Gasteiger partial charge in [0.1, 0.15) is 6.61 Å². The lowest BCUT2D eigenvalue weighted by molar-refractivity contribution is -0.141. The summed E-state index contributed by atoms with van der Waals surface area (Å²) in [4.78, 5) is 46.4. The fourth-order valence-corrected chi connectivity index (χ4v) is 2.04. The van der Waals surface area contributed by atoms with Gasteiger partial charge in [0.05, 0.1) is 0 Å². The molecule has 9 nitrogen and oxygen atoms in total. The van der Waals surface area contributed by atoms with Crippen LogP contribution in [0, 0.1) is 0 Å². The van der Waals surface area contributed by atoms with Crippen molar-refractivity contribution >= 4 is 23.8 Å². The smallest absolute Gasteiger partial charge is 0.407 e. The van der Waals surface area contributed by atoms with Crippen molar-refractivity contribution in [3.63, 3.8) is 0 Å². The summed E-state index contributed by atoms with van der Waals surface area (Å²) in [6.45, 7) is 3.94. The molecule has 0 unspecified atom stereocenters. The number of alkyl carbamates (subject to hydrolysis) is 1. The Morgan fingerprint density at radius 3 is 2.26 bits per heavy atom. The van der Waals surface area contributed by atoms with Crippen LogP contribution < -0.4 is 21.5 Å². The molecule has 9 heteroatoms. The lowest BCUT2D eigenvalue weighted by Gasteiger charge is -2.14. The van der Waals surface area contributed by atoms with E-state index in [4.69, 9.17) is 4.74 Å². The fraction of sp³-hybridized carbons (Fsp3) is 0.444. The average molecular weight is 378 g/mol. The van der Waals surface area contributed by atoms with Crippen LogP contribution in [-0.4, -0.2) is 36.4 Å². The number of rotatable bonds is 8. The van der Waals surface area contributed by atoms with E-state index in [0.29, 0.717) is 12.8 Å². The second-order valence-electron chi connectivity index (χ2n) is 5.73. The summed E-state index contributed by atoms with van der Waals surface area (Å²) in [6.07, 6.45) is 0.664. The number of hydrogen-bond acceptors (Lipinski definition) is 5. The Bertz CT molecular complexity index is 632. The molecule has 1 aromatic carbocycles. The van der Waals surface area contributed by atoms with E-state index in [-0.39, 0.29) is 25.6 Å². The quantitative estimate of drug-likeness (QED) is 0.392. The molecular weight excluding hydrogens is 352 g/mol. The molecule has 0 atom stereocenters. The third-order valence-corrected chi connectivity index (χ3v) is 3.68. The zero-order valence-corrected chi connectivity index (χ0v) is 15.5. The Morgan fingerprint density at radius 2 is 1.63 bits per heavy atom. The Hall–Kier alpha value is -3.10. The van der Waals surface area contributed by atoms with Gasteiger partial charge in [0, 0.05) is 19.0 Å². The number of hydrogen-bond donors (Lipinski definition) is 4. The summed E-state index contributed by atoms with van der Waals surface area (Å²) >= 11 is 0. The molecule has 0 aliphatic heterocycles. The predicted molar refractivity (Wildman–Crippen MR) is 98.0 cm³/mol. The van der Waals surface area contributed by atoms with E-state index in [2.05, 4.69) is 16.1 Å². The molecule has 4 N–H and O–H groups in total. The zero-order valence-electron chi connectivity index (χ0n) is 15.5. The zero-order chi connectivity index (χ0) is 20.1. The van der Waals surface area contributed by atoms with Crippen molar-refractivity contribution in [1.82, 2.24) is 21.5 Å². The van der Waals surface area contributed by atoms with Gasteiger partial charge in [0.15, 0.2) is 0 Å². The lowest BCUT2D eigenvalue weighted by Crippen LogP contribution is -2.50. The first-order valence-electron chi connectivity index (χ1n) is 8.80. The highest BCUT2D eigenvalue weighted by atomic mass is 16.5. The molecule has 148 valence electrons. The summed E-state index contributed by atoms with van der Waals surface area (Å²) in [7, 11) is 0. The number of ether oxygens (including phenoxy) is 1. The number of nitrogens with one attached hydrogen (secondary N) is 4. The summed E-state index contributed by atoms with van der Waals surface area (Å²) in [5.41, 5.74) is 4.99. The van der Waals surface area contributed by atoms with E-state index in [1.807, 2.05) is 49.6 Å². The van der Waals surface area contributed by atoms with Gasteiger partial charge in [-0.2, -0.15) is 0 Å². The molecule has 0 saturated carbocycles. The maximum atomic E-state index is 11.6. The summed E-state index contributed by atoms with van der Waals surface area (Å²) in [5, 5.41) is 4.97. The van der Waals surface area contributed by atoms with Crippen LogP contribution in [0.15, 0.2) is 30.3 Å². The minimum absolute atomic E-state index is 0.0231. The Balaban J connectivity index is 2.16. The SMILES string of the molecule is CCC(CC)NC(=O)C(=O)NNC(=O)CCNC(=O)OCc1ccccc1. The van der Waals surface area contributed by atoms with Crippen LogP contribution in [0.1, 0.15) is 38.7 Å². The number of amides is 4. The van der Waals surface area contributed by atoms with Crippen LogP contribution in [0.4, 0.5) is 4.79 Å². The Labute approximate surface area is 158 Å². The summed E-state index contributed by atoms with van der Waals surface area (Å²) in [6, 6.07) is 9.08. The van der Waals surface area contributed by atoms with Crippen LogP contribution in [0.25, 0.3) is 0 Å². The molecular formula is C18H26N4O5. The Morgan fingerprint density at radius 1 is 0.963 bits per heavy atom. The largest absolute Gasteiger partial charge is 0.445 e. The molecule has 1 rings (SSSR count). The van der Waals surface area contributed by atoms with Gasteiger partial charge < -0.3 is 15.4 Å². The second-order valence-corrected chi connectivity index (χ2v) is 5.73. The number of hydrazine groups is 1. The number of carbonyl (C=O) groups is 4. The molecule has 0 aliphatic carbocycles. The van der Waals surface area contributed by atoms with Gasteiger partial charge in [-0.05, 0) is 18.4 Å². The highest BCUT2D eigenvalue weighted by Crippen LogP contribution is 2.00. The van der Waals surface area contributed by atoms with Crippen LogP contribution in [0.3, 0.4) is 0 Å². The third-order valence-electron chi connectivity index (χ3n) is 3.68. The minimum atomic E-state index is -0.953. The maximum absolute atomic E-state index is 11.6. The van der Waals surface area contributed by atoms with E-state index >= 15 is 0 Å². The van der Waals surface area contributed by atoms with Crippen LogP contribution in [-0.2, 0) is 25.7 Å². The minimum Gasteiger partial charge on any atom is -0.445 e. The van der Waals surface area contributed by atoms with Crippen molar-refractivity contribution in [2.45, 2.75) is 45.8 Å². The topological polar surface area (TPSA) is 126 Å². The summed E-state index contributed by atoms with van der Waals surface area (Å²) < 4.78 is 4.99. The van der Waals surface area contributed by atoms with Gasteiger partial charge >= 0.3 is 17.9 Å². The molecule has 4 amide bonds.